The largest absolute Gasteiger partial charge is 0.396 e. The lowest BCUT2D eigenvalue weighted by Gasteiger charge is -2.44. The molecule has 21 heavy (non-hydrogen) atoms. The Morgan fingerprint density at radius 1 is 1.10 bits per heavy atom. The molecule has 2 atom stereocenters. The van der Waals surface area contributed by atoms with Crippen LogP contribution in [0.2, 0.25) is 0 Å². The maximum Gasteiger partial charge on any atom is 0.146 e. The molecule has 0 bridgehead atoms. The predicted octanol–water partition coefficient (Wildman–Crippen LogP) is 2.68. The number of nitrogens with two attached hydrogens (primary N) is 1. The first kappa shape index (κ1) is 14.8. The fraction of sp³-hybridized carbons (Fsp3) is 0.647. The van der Waals surface area contributed by atoms with E-state index in [1.54, 1.807) is 12.1 Å². The van der Waals surface area contributed by atoms with Crippen LogP contribution in [0.25, 0.3) is 0 Å². The molecule has 0 spiro atoms. The van der Waals surface area contributed by atoms with Gasteiger partial charge < -0.3 is 10.6 Å². The van der Waals surface area contributed by atoms with E-state index < -0.39 is 0 Å². The quantitative estimate of drug-likeness (QED) is 0.850. The average Bonchev–Trinajstić information content (AvgIpc) is 2.51. The van der Waals surface area contributed by atoms with Crippen molar-refractivity contribution in [1.82, 2.24) is 9.80 Å². The van der Waals surface area contributed by atoms with Crippen molar-refractivity contribution in [2.45, 2.75) is 37.6 Å². The van der Waals surface area contributed by atoms with Gasteiger partial charge in [-0.2, -0.15) is 0 Å². The van der Waals surface area contributed by atoms with Crippen molar-refractivity contribution in [2.24, 2.45) is 0 Å². The number of nitrogens with zero attached hydrogens (tertiary/aromatic N) is 2. The van der Waals surface area contributed by atoms with Gasteiger partial charge in [0.2, 0.25) is 0 Å². The molecule has 2 N–H and O–H groups in total. The summed E-state index contributed by atoms with van der Waals surface area (Å²) in [5.74, 6) is 0.187. The van der Waals surface area contributed by atoms with E-state index in [4.69, 9.17) is 5.73 Å². The number of likely N-dealkylation sites (N-methyl/N-ethyl adjacent to an activating group) is 1. The molecule has 1 heterocycles. The van der Waals surface area contributed by atoms with Crippen LogP contribution in [-0.4, -0.2) is 49.1 Å². The van der Waals surface area contributed by atoms with Gasteiger partial charge in [-0.25, -0.2) is 4.39 Å². The number of piperazine rings is 1. The van der Waals surface area contributed by atoms with Crippen LogP contribution in [0.5, 0.6) is 0 Å². The summed E-state index contributed by atoms with van der Waals surface area (Å²) < 4.78 is 13.8. The molecule has 3 nitrogen and oxygen atoms in total. The Labute approximate surface area is 126 Å². The minimum absolute atomic E-state index is 0.255. The zero-order valence-electron chi connectivity index (χ0n) is 12.9. The first-order valence-corrected chi connectivity index (χ1v) is 8.12. The second-order valence-corrected chi connectivity index (χ2v) is 6.58. The van der Waals surface area contributed by atoms with Crippen LogP contribution in [0, 0.1) is 5.82 Å². The highest BCUT2D eigenvalue weighted by Crippen LogP contribution is 2.37. The molecule has 2 unspecified atom stereocenters. The Balaban J connectivity index is 1.79. The van der Waals surface area contributed by atoms with Gasteiger partial charge in [-0.1, -0.05) is 18.9 Å². The zero-order valence-corrected chi connectivity index (χ0v) is 12.9. The Bertz CT molecular complexity index is 483. The number of anilines is 1. The van der Waals surface area contributed by atoms with Crippen LogP contribution in [0.15, 0.2) is 18.2 Å². The SMILES string of the molecule is CN1CCN(C2CCCCC2c2ccc(N)c(F)c2)CC1. The van der Waals surface area contributed by atoms with Crippen LogP contribution >= 0.6 is 0 Å². The Kier molecular flexibility index (Phi) is 4.45. The third-order valence-electron chi connectivity index (χ3n) is 5.19. The van der Waals surface area contributed by atoms with Gasteiger partial charge in [-0.05, 0) is 43.5 Å². The van der Waals surface area contributed by atoms with Crippen molar-refractivity contribution in [2.75, 3.05) is 39.0 Å². The molecule has 116 valence electrons. The van der Waals surface area contributed by atoms with E-state index in [1.807, 2.05) is 6.07 Å². The van der Waals surface area contributed by atoms with Crippen molar-refractivity contribution in [3.8, 4) is 0 Å². The van der Waals surface area contributed by atoms with Gasteiger partial charge >= 0.3 is 0 Å². The molecule has 1 aromatic rings. The summed E-state index contributed by atoms with van der Waals surface area (Å²) in [4.78, 5) is 5.01. The van der Waals surface area contributed by atoms with Crippen LogP contribution in [0.1, 0.15) is 37.2 Å². The highest BCUT2D eigenvalue weighted by molar-refractivity contribution is 5.42. The Morgan fingerprint density at radius 3 is 2.52 bits per heavy atom. The minimum Gasteiger partial charge on any atom is -0.396 e. The molecule has 0 radical (unpaired) electrons. The van der Waals surface area contributed by atoms with Crippen LogP contribution in [0.3, 0.4) is 0 Å². The predicted molar refractivity (Wildman–Crippen MR) is 84.9 cm³/mol. The number of rotatable bonds is 2. The highest BCUT2D eigenvalue weighted by Gasteiger charge is 2.32. The Hall–Kier alpha value is -1.13. The zero-order chi connectivity index (χ0) is 14.8. The maximum absolute atomic E-state index is 13.8. The van der Waals surface area contributed by atoms with Gasteiger partial charge in [0.05, 0.1) is 5.69 Å². The number of nitrogen functional groups attached to an aromatic ring is 1. The van der Waals surface area contributed by atoms with E-state index in [9.17, 15) is 4.39 Å². The molecule has 1 aliphatic heterocycles. The summed E-state index contributed by atoms with van der Waals surface area (Å²) in [5, 5.41) is 0. The van der Waals surface area contributed by atoms with E-state index in [0.717, 1.165) is 31.7 Å². The molecule has 2 fully saturated rings. The average molecular weight is 291 g/mol. The fourth-order valence-electron chi connectivity index (χ4n) is 3.86. The second-order valence-electron chi connectivity index (χ2n) is 6.58. The standard InChI is InChI=1S/C17H26FN3/c1-20-8-10-21(11-9-20)17-5-3-2-4-14(17)13-6-7-16(19)15(18)12-13/h6-7,12,14,17H,2-5,8-11,19H2,1H3. The van der Waals surface area contributed by atoms with Gasteiger partial charge in [-0.3, -0.25) is 4.90 Å². The number of hydrogen-bond donors (Lipinski definition) is 1. The van der Waals surface area contributed by atoms with Crippen molar-refractivity contribution < 1.29 is 4.39 Å². The molecular formula is C17H26FN3. The molecule has 0 aromatic heterocycles. The third-order valence-corrected chi connectivity index (χ3v) is 5.19. The summed E-state index contributed by atoms with van der Waals surface area (Å²) in [6.07, 6.45) is 4.95. The van der Waals surface area contributed by atoms with E-state index >= 15 is 0 Å². The highest BCUT2D eigenvalue weighted by atomic mass is 19.1. The van der Waals surface area contributed by atoms with Gasteiger partial charge in [0.25, 0.3) is 0 Å². The van der Waals surface area contributed by atoms with Gasteiger partial charge in [0.15, 0.2) is 0 Å². The summed E-state index contributed by atoms with van der Waals surface area (Å²) in [7, 11) is 2.19. The summed E-state index contributed by atoms with van der Waals surface area (Å²) in [6.45, 7) is 4.54. The fourth-order valence-corrected chi connectivity index (χ4v) is 3.86. The van der Waals surface area contributed by atoms with Crippen molar-refractivity contribution >= 4 is 5.69 Å². The lowest BCUT2D eigenvalue weighted by Crippen LogP contribution is -2.51. The normalized spacial score (nSPS) is 28.7. The molecule has 2 aliphatic rings. The molecule has 1 aliphatic carbocycles. The van der Waals surface area contributed by atoms with Crippen LogP contribution < -0.4 is 5.73 Å². The molecule has 1 saturated carbocycles. The minimum atomic E-state index is -0.268. The second kappa shape index (κ2) is 6.32. The summed E-state index contributed by atoms with van der Waals surface area (Å²) in [5.41, 5.74) is 7.01. The molecule has 0 amide bonds. The molecule has 1 saturated heterocycles. The lowest BCUT2D eigenvalue weighted by atomic mass is 9.79. The van der Waals surface area contributed by atoms with Crippen molar-refractivity contribution in [3.63, 3.8) is 0 Å². The monoisotopic (exact) mass is 291 g/mol. The number of hydrogen-bond acceptors (Lipinski definition) is 3. The maximum atomic E-state index is 13.8. The van der Waals surface area contributed by atoms with Gasteiger partial charge in [0.1, 0.15) is 5.82 Å². The lowest BCUT2D eigenvalue weighted by molar-refractivity contribution is 0.0789. The first-order valence-electron chi connectivity index (χ1n) is 8.12. The smallest absolute Gasteiger partial charge is 0.146 e. The van der Waals surface area contributed by atoms with Crippen LogP contribution in [0.4, 0.5) is 10.1 Å². The van der Waals surface area contributed by atoms with Gasteiger partial charge in [-0.15, -0.1) is 0 Å². The topological polar surface area (TPSA) is 32.5 Å². The first-order chi connectivity index (χ1) is 10.1. The summed E-state index contributed by atoms with van der Waals surface area (Å²) in [6, 6.07) is 5.97. The van der Waals surface area contributed by atoms with Crippen LogP contribution in [-0.2, 0) is 0 Å². The Morgan fingerprint density at radius 2 is 1.81 bits per heavy atom. The third kappa shape index (κ3) is 3.22. The molecular weight excluding hydrogens is 265 g/mol. The van der Waals surface area contributed by atoms with E-state index in [-0.39, 0.29) is 11.5 Å². The number of halogens is 1. The van der Waals surface area contributed by atoms with Crippen molar-refractivity contribution in [1.29, 1.82) is 0 Å². The van der Waals surface area contributed by atoms with E-state index in [2.05, 4.69) is 16.8 Å². The van der Waals surface area contributed by atoms with Crippen molar-refractivity contribution in [3.05, 3.63) is 29.6 Å². The van der Waals surface area contributed by atoms with Gasteiger partial charge in [0, 0.05) is 32.2 Å². The molecule has 3 rings (SSSR count). The van der Waals surface area contributed by atoms with E-state index in [0.29, 0.717) is 12.0 Å². The molecule has 1 aromatic carbocycles. The molecule has 4 heteroatoms. The summed E-state index contributed by atoms with van der Waals surface area (Å²) >= 11 is 0. The van der Waals surface area contributed by atoms with E-state index in [1.165, 1.54) is 25.7 Å². The number of benzene rings is 1.